The SMILES string of the molecule is Cn1c(Nc2c(Cl)cccc2Cl)nc2cc(C(=O)NCc3c(C(F)(F)F)ccc[n+]3O)c(F)cc21. The lowest BCUT2D eigenvalue weighted by Crippen LogP contribution is -2.41. The van der Waals surface area contributed by atoms with E-state index in [-0.39, 0.29) is 16.2 Å². The van der Waals surface area contributed by atoms with Gasteiger partial charge in [0.25, 0.3) is 11.6 Å². The van der Waals surface area contributed by atoms with Crippen molar-refractivity contribution in [2.45, 2.75) is 12.7 Å². The van der Waals surface area contributed by atoms with Crippen LogP contribution in [0.15, 0.2) is 48.7 Å². The van der Waals surface area contributed by atoms with Crippen molar-refractivity contribution in [2.24, 2.45) is 7.05 Å². The van der Waals surface area contributed by atoms with Crippen molar-refractivity contribution in [3.05, 3.63) is 81.3 Å². The molecule has 13 heteroatoms. The normalized spacial score (nSPS) is 11.6. The van der Waals surface area contributed by atoms with Gasteiger partial charge in [0, 0.05) is 23.9 Å². The number of amides is 1. The molecule has 0 aliphatic rings. The Kier molecular flexibility index (Phi) is 6.48. The van der Waals surface area contributed by atoms with Gasteiger partial charge in [0.15, 0.2) is 0 Å². The van der Waals surface area contributed by atoms with Crippen molar-refractivity contribution in [2.75, 3.05) is 5.32 Å². The minimum atomic E-state index is -4.77. The molecule has 0 atom stereocenters. The molecule has 7 nitrogen and oxygen atoms in total. The van der Waals surface area contributed by atoms with E-state index in [0.717, 1.165) is 24.4 Å². The lowest BCUT2D eigenvalue weighted by atomic mass is 10.1. The summed E-state index contributed by atoms with van der Waals surface area (Å²) in [6.07, 6.45) is -3.78. The van der Waals surface area contributed by atoms with Crippen LogP contribution in [0.25, 0.3) is 11.0 Å². The third-order valence-corrected chi connectivity index (χ3v) is 5.84. The van der Waals surface area contributed by atoms with E-state index in [1.807, 2.05) is 0 Å². The van der Waals surface area contributed by atoms with Gasteiger partial charge in [-0.3, -0.25) is 10.0 Å². The number of nitrogens with zero attached hydrogens (tertiary/aromatic N) is 3. The van der Waals surface area contributed by atoms with Gasteiger partial charge in [-0.25, -0.2) is 9.37 Å². The lowest BCUT2D eigenvalue weighted by Gasteiger charge is -2.10. The van der Waals surface area contributed by atoms with E-state index in [4.69, 9.17) is 23.2 Å². The molecule has 2 aromatic carbocycles. The maximum atomic E-state index is 14.8. The Morgan fingerprint density at radius 2 is 1.86 bits per heavy atom. The lowest BCUT2D eigenvalue weighted by molar-refractivity contribution is -0.910. The van der Waals surface area contributed by atoms with Gasteiger partial charge < -0.3 is 15.2 Å². The molecule has 3 N–H and O–H groups in total. The highest BCUT2D eigenvalue weighted by Crippen LogP contribution is 2.33. The monoisotopic (exact) mass is 528 g/mol. The van der Waals surface area contributed by atoms with Crippen LogP contribution in [-0.2, 0) is 19.8 Å². The Morgan fingerprint density at radius 1 is 1.17 bits per heavy atom. The zero-order valence-corrected chi connectivity index (χ0v) is 19.3. The molecule has 0 spiro atoms. The summed E-state index contributed by atoms with van der Waals surface area (Å²) >= 11 is 12.3. The second kappa shape index (κ2) is 9.23. The summed E-state index contributed by atoms with van der Waals surface area (Å²) in [5, 5.41) is 15.6. The number of hydrogen-bond donors (Lipinski definition) is 3. The average Bonchev–Trinajstić information content (AvgIpc) is 3.08. The Hall–Kier alpha value is -3.57. The molecule has 0 saturated heterocycles. The molecule has 0 bridgehead atoms. The molecule has 0 aliphatic heterocycles. The van der Waals surface area contributed by atoms with Crippen LogP contribution >= 0.6 is 23.2 Å². The van der Waals surface area contributed by atoms with Gasteiger partial charge in [-0.05, 0) is 24.3 Å². The smallest absolute Gasteiger partial charge is 0.342 e. The van der Waals surface area contributed by atoms with E-state index in [1.165, 1.54) is 10.6 Å². The zero-order chi connectivity index (χ0) is 25.5. The quantitative estimate of drug-likeness (QED) is 0.188. The first-order valence-electron chi connectivity index (χ1n) is 9.92. The Balaban J connectivity index is 1.62. The van der Waals surface area contributed by atoms with Crippen LogP contribution in [-0.4, -0.2) is 20.7 Å². The molecule has 0 saturated carbocycles. The fraction of sp³-hybridized carbons (Fsp3) is 0.136. The van der Waals surface area contributed by atoms with Crippen LogP contribution < -0.4 is 15.4 Å². The summed E-state index contributed by atoms with van der Waals surface area (Å²) in [6.45, 7) is -0.706. The summed E-state index contributed by atoms with van der Waals surface area (Å²) in [7, 11) is 1.61. The highest BCUT2D eigenvalue weighted by atomic mass is 35.5. The number of fused-ring (bicyclic) bond motifs is 1. The summed E-state index contributed by atoms with van der Waals surface area (Å²) in [5.74, 6) is -1.65. The summed E-state index contributed by atoms with van der Waals surface area (Å²) in [5.41, 5.74) is -1.24. The standard InChI is InChI=1S/C22H15Cl2F4N5O2/c1-32-17-9-15(25)11(8-16(17)30-21(32)31-19-13(23)5-2-6-14(19)24)20(34)29-10-18-12(22(26,27)28)4-3-7-33(18)35/h2-9H,10H2,1H3,(H2-,29,30,31,34,35)/p+1. The van der Waals surface area contributed by atoms with E-state index in [2.05, 4.69) is 15.6 Å². The van der Waals surface area contributed by atoms with Crippen LogP contribution in [0.5, 0.6) is 0 Å². The molecule has 4 aromatic rings. The molecule has 0 radical (unpaired) electrons. The number of aryl methyl sites for hydroxylation is 1. The number of hydrogen-bond acceptors (Lipinski definition) is 4. The summed E-state index contributed by atoms with van der Waals surface area (Å²) < 4.78 is 56.3. The molecule has 182 valence electrons. The van der Waals surface area contributed by atoms with Gasteiger partial charge in [0.05, 0.1) is 32.3 Å². The van der Waals surface area contributed by atoms with Crippen molar-refractivity contribution in [1.29, 1.82) is 0 Å². The predicted octanol–water partition coefficient (Wildman–Crippen LogP) is 5.24. The topological polar surface area (TPSA) is 83.1 Å². The van der Waals surface area contributed by atoms with E-state index in [0.29, 0.717) is 21.2 Å². The molecular weight excluding hydrogens is 513 g/mol. The molecule has 4 rings (SSSR count). The van der Waals surface area contributed by atoms with Crippen LogP contribution in [0.4, 0.5) is 29.2 Å². The molecule has 35 heavy (non-hydrogen) atoms. The molecule has 0 unspecified atom stereocenters. The molecule has 1 amide bonds. The minimum absolute atomic E-state index is 0.234. The Bertz CT molecular complexity index is 1440. The first-order valence-corrected chi connectivity index (χ1v) is 10.7. The van der Waals surface area contributed by atoms with Crippen LogP contribution in [0.1, 0.15) is 21.6 Å². The maximum Gasteiger partial charge on any atom is 0.422 e. The number of alkyl halides is 3. The fourth-order valence-electron chi connectivity index (χ4n) is 3.45. The molecule has 0 aliphatic carbocycles. The van der Waals surface area contributed by atoms with Gasteiger partial charge >= 0.3 is 6.18 Å². The van der Waals surface area contributed by atoms with Crippen LogP contribution in [0.3, 0.4) is 0 Å². The van der Waals surface area contributed by atoms with Crippen LogP contribution in [0, 0.1) is 5.82 Å². The first kappa shape index (κ1) is 24.6. The number of carbonyl (C=O) groups excluding carboxylic acids is 1. The number of aromatic nitrogens is 3. The summed E-state index contributed by atoms with van der Waals surface area (Å²) in [4.78, 5) is 17.0. The largest absolute Gasteiger partial charge is 0.422 e. The van der Waals surface area contributed by atoms with Gasteiger partial charge in [0.2, 0.25) is 12.1 Å². The van der Waals surface area contributed by atoms with Gasteiger partial charge in [-0.1, -0.05) is 29.3 Å². The Morgan fingerprint density at radius 3 is 2.51 bits per heavy atom. The number of nitrogens with one attached hydrogen (secondary N) is 2. The number of para-hydroxylation sites is 1. The van der Waals surface area contributed by atoms with E-state index >= 15 is 0 Å². The van der Waals surface area contributed by atoms with Gasteiger partial charge in [0.1, 0.15) is 17.9 Å². The summed E-state index contributed by atoms with van der Waals surface area (Å²) in [6, 6.07) is 8.91. The molecule has 0 fully saturated rings. The number of benzene rings is 2. The predicted molar refractivity (Wildman–Crippen MR) is 120 cm³/mol. The molecule has 2 aromatic heterocycles. The van der Waals surface area contributed by atoms with Gasteiger partial charge in [-0.15, -0.1) is 0 Å². The van der Waals surface area contributed by atoms with Crippen molar-refractivity contribution >= 4 is 51.8 Å². The number of anilines is 2. The van der Waals surface area contributed by atoms with Crippen LogP contribution in [0.2, 0.25) is 10.0 Å². The number of rotatable bonds is 5. The van der Waals surface area contributed by atoms with Crippen molar-refractivity contribution in [3.63, 3.8) is 0 Å². The van der Waals surface area contributed by atoms with Gasteiger partial charge in [-0.2, -0.15) is 13.2 Å². The zero-order valence-electron chi connectivity index (χ0n) is 17.8. The number of halogens is 6. The average molecular weight is 529 g/mol. The number of carbonyl (C=O) groups is 1. The third kappa shape index (κ3) is 4.82. The van der Waals surface area contributed by atoms with E-state index < -0.39 is 41.3 Å². The second-order valence-corrected chi connectivity index (χ2v) is 8.24. The molecule has 2 heterocycles. The van der Waals surface area contributed by atoms with E-state index in [9.17, 15) is 27.6 Å². The van der Waals surface area contributed by atoms with Crippen molar-refractivity contribution < 1.29 is 32.3 Å². The molecular formula is C22H16Cl2F4N5O2+. The highest BCUT2D eigenvalue weighted by Gasteiger charge is 2.38. The van der Waals surface area contributed by atoms with Crippen molar-refractivity contribution in [1.82, 2.24) is 14.9 Å². The fourth-order valence-corrected chi connectivity index (χ4v) is 3.94. The minimum Gasteiger partial charge on any atom is -0.342 e. The number of pyridine rings is 1. The second-order valence-electron chi connectivity index (χ2n) is 7.43. The van der Waals surface area contributed by atoms with Crippen molar-refractivity contribution in [3.8, 4) is 0 Å². The highest BCUT2D eigenvalue weighted by molar-refractivity contribution is 6.39. The third-order valence-electron chi connectivity index (χ3n) is 5.21. The Labute approximate surface area is 205 Å². The first-order chi connectivity index (χ1) is 16.5. The number of imidazole rings is 1. The van der Waals surface area contributed by atoms with E-state index in [1.54, 1.807) is 25.2 Å². The maximum absolute atomic E-state index is 14.8.